The van der Waals surface area contributed by atoms with E-state index in [1.165, 1.54) is 6.20 Å². The van der Waals surface area contributed by atoms with Gasteiger partial charge in [-0.2, -0.15) is 4.31 Å². The second kappa shape index (κ2) is 7.01. The molecule has 1 aliphatic rings. The van der Waals surface area contributed by atoms with Crippen molar-refractivity contribution in [2.75, 3.05) is 26.3 Å². The third-order valence-corrected chi connectivity index (χ3v) is 6.41. The highest BCUT2D eigenvalue weighted by atomic mass is 35.5. The second-order valence-electron chi connectivity index (χ2n) is 4.43. The van der Waals surface area contributed by atoms with Gasteiger partial charge in [0, 0.05) is 13.1 Å². The number of hydrogen-bond acceptors (Lipinski definition) is 6. The molecule has 1 unspecified atom stereocenters. The van der Waals surface area contributed by atoms with Crippen molar-refractivity contribution in [3.8, 4) is 0 Å². The molecular weight excluding hydrogens is 338 g/mol. The van der Waals surface area contributed by atoms with Gasteiger partial charge >= 0.3 is 0 Å². The molecule has 1 atom stereocenters. The first-order valence-electron chi connectivity index (χ1n) is 6.45. The van der Waals surface area contributed by atoms with Crippen LogP contribution in [-0.2, 0) is 19.6 Å². The fourth-order valence-electron chi connectivity index (χ4n) is 1.92. The first-order chi connectivity index (χ1) is 9.96. The summed E-state index contributed by atoms with van der Waals surface area (Å²) in [5, 5.41) is 2.70. The average molecular weight is 354 g/mol. The summed E-state index contributed by atoms with van der Waals surface area (Å²) < 4.78 is 31.8. The molecule has 1 fully saturated rings. The lowest BCUT2D eigenvalue weighted by Crippen LogP contribution is -2.55. The van der Waals surface area contributed by atoms with Crippen molar-refractivity contribution < 1.29 is 17.9 Å². The van der Waals surface area contributed by atoms with E-state index in [1.807, 2.05) is 6.92 Å². The maximum absolute atomic E-state index is 12.6. The van der Waals surface area contributed by atoms with E-state index in [0.29, 0.717) is 6.54 Å². The topological polar surface area (TPSA) is 88.6 Å². The Labute approximate surface area is 132 Å². The Morgan fingerprint density at radius 2 is 2.43 bits per heavy atom. The number of halogens is 1. The zero-order valence-electron chi connectivity index (χ0n) is 11.4. The number of amides is 1. The first kappa shape index (κ1) is 16.6. The molecule has 1 aromatic rings. The van der Waals surface area contributed by atoms with Gasteiger partial charge in [0.1, 0.15) is 6.04 Å². The lowest BCUT2D eigenvalue weighted by molar-refractivity contribution is -0.129. The van der Waals surface area contributed by atoms with E-state index < -0.39 is 16.1 Å². The van der Waals surface area contributed by atoms with Gasteiger partial charge in [-0.25, -0.2) is 13.4 Å². The maximum atomic E-state index is 12.6. The van der Waals surface area contributed by atoms with Crippen molar-refractivity contribution in [2.24, 2.45) is 0 Å². The predicted molar refractivity (Wildman–Crippen MR) is 78.9 cm³/mol. The number of hydrogen-bond donors (Lipinski definition) is 1. The molecule has 0 saturated carbocycles. The van der Waals surface area contributed by atoms with E-state index in [9.17, 15) is 13.2 Å². The van der Waals surface area contributed by atoms with Crippen LogP contribution in [0.2, 0.25) is 4.47 Å². The number of nitrogens with one attached hydrogen (secondary N) is 1. The number of thiazole rings is 1. The monoisotopic (exact) mass is 353 g/mol. The van der Waals surface area contributed by atoms with Crippen LogP contribution in [0.5, 0.6) is 0 Å². The SMILES string of the molecule is CCCNC(=O)C1COCCN1S(=O)(=O)c1cnc(Cl)s1. The molecule has 0 aromatic carbocycles. The van der Waals surface area contributed by atoms with Crippen molar-refractivity contribution in [2.45, 2.75) is 23.6 Å². The summed E-state index contributed by atoms with van der Waals surface area (Å²) in [7, 11) is -3.80. The van der Waals surface area contributed by atoms with Crippen molar-refractivity contribution >= 4 is 38.9 Å². The minimum Gasteiger partial charge on any atom is -0.378 e. The smallest absolute Gasteiger partial charge is 0.255 e. The van der Waals surface area contributed by atoms with Crippen LogP contribution in [0.3, 0.4) is 0 Å². The summed E-state index contributed by atoms with van der Waals surface area (Å²) in [6.45, 7) is 2.84. The molecule has 118 valence electrons. The normalized spacial score (nSPS) is 20.4. The summed E-state index contributed by atoms with van der Waals surface area (Å²) in [5.74, 6) is -0.351. The molecule has 10 heteroatoms. The van der Waals surface area contributed by atoms with Crippen molar-refractivity contribution in [1.82, 2.24) is 14.6 Å². The molecule has 0 bridgehead atoms. The van der Waals surface area contributed by atoms with Gasteiger partial charge in [-0.05, 0) is 6.42 Å². The highest BCUT2D eigenvalue weighted by molar-refractivity contribution is 7.91. The molecule has 7 nitrogen and oxygen atoms in total. The minimum atomic E-state index is -3.80. The average Bonchev–Trinajstić information content (AvgIpc) is 2.92. The molecule has 2 rings (SSSR count). The van der Waals surface area contributed by atoms with E-state index in [4.69, 9.17) is 16.3 Å². The molecule has 1 N–H and O–H groups in total. The van der Waals surface area contributed by atoms with Gasteiger partial charge in [0.2, 0.25) is 5.91 Å². The number of morpholine rings is 1. The summed E-state index contributed by atoms with van der Waals surface area (Å²) >= 11 is 6.57. The quantitative estimate of drug-likeness (QED) is 0.842. The number of carbonyl (C=O) groups excluding carboxylic acids is 1. The standard InChI is InChI=1S/C11H16ClN3O4S2/c1-2-3-13-10(16)8-7-19-5-4-15(8)21(17,18)9-6-14-11(12)20-9/h6,8H,2-5,7H2,1H3,(H,13,16). The van der Waals surface area contributed by atoms with Gasteiger partial charge in [0.05, 0.1) is 19.4 Å². The highest BCUT2D eigenvalue weighted by Crippen LogP contribution is 2.27. The molecule has 0 radical (unpaired) electrons. The van der Waals surface area contributed by atoms with Crippen molar-refractivity contribution in [3.05, 3.63) is 10.7 Å². The Balaban J connectivity index is 2.23. The predicted octanol–water partition coefficient (Wildman–Crippen LogP) is 0.712. The molecule has 1 aliphatic heterocycles. The molecule has 2 heterocycles. The van der Waals surface area contributed by atoms with Crippen LogP contribution in [0.25, 0.3) is 0 Å². The fourth-order valence-corrected chi connectivity index (χ4v) is 4.90. The summed E-state index contributed by atoms with van der Waals surface area (Å²) in [5.41, 5.74) is 0. The van der Waals surface area contributed by atoms with Crippen LogP contribution in [-0.4, -0.2) is 56.0 Å². The van der Waals surface area contributed by atoms with Crippen LogP contribution in [0, 0.1) is 0 Å². The number of carbonyl (C=O) groups is 1. The molecule has 1 amide bonds. The van der Waals surface area contributed by atoms with Crippen LogP contribution in [0.15, 0.2) is 10.4 Å². The number of aromatic nitrogens is 1. The van der Waals surface area contributed by atoms with Crippen LogP contribution >= 0.6 is 22.9 Å². The van der Waals surface area contributed by atoms with Gasteiger partial charge in [0.25, 0.3) is 10.0 Å². The molecule has 1 saturated heterocycles. The number of sulfonamides is 1. The van der Waals surface area contributed by atoms with E-state index in [1.54, 1.807) is 0 Å². The Kier molecular flexibility index (Phi) is 5.55. The summed E-state index contributed by atoms with van der Waals surface area (Å²) in [4.78, 5) is 15.9. The van der Waals surface area contributed by atoms with Gasteiger partial charge < -0.3 is 10.1 Å². The van der Waals surface area contributed by atoms with Crippen molar-refractivity contribution in [3.63, 3.8) is 0 Å². The Hall–Kier alpha value is -0.740. The largest absolute Gasteiger partial charge is 0.378 e. The zero-order valence-corrected chi connectivity index (χ0v) is 13.8. The minimum absolute atomic E-state index is 0.0303. The van der Waals surface area contributed by atoms with Gasteiger partial charge in [-0.3, -0.25) is 4.79 Å². The van der Waals surface area contributed by atoms with Crippen LogP contribution < -0.4 is 5.32 Å². The van der Waals surface area contributed by atoms with E-state index in [2.05, 4.69) is 10.3 Å². The highest BCUT2D eigenvalue weighted by Gasteiger charge is 2.39. The van der Waals surface area contributed by atoms with E-state index in [0.717, 1.165) is 22.1 Å². The lowest BCUT2D eigenvalue weighted by Gasteiger charge is -2.32. The van der Waals surface area contributed by atoms with Crippen LogP contribution in [0.1, 0.15) is 13.3 Å². The zero-order chi connectivity index (χ0) is 15.5. The van der Waals surface area contributed by atoms with Crippen LogP contribution in [0.4, 0.5) is 0 Å². The number of ether oxygens (including phenoxy) is 1. The Morgan fingerprint density at radius 1 is 1.67 bits per heavy atom. The first-order valence-corrected chi connectivity index (χ1v) is 9.09. The van der Waals surface area contributed by atoms with Crippen molar-refractivity contribution in [1.29, 1.82) is 0 Å². The van der Waals surface area contributed by atoms with E-state index >= 15 is 0 Å². The summed E-state index contributed by atoms with van der Waals surface area (Å²) in [6, 6.07) is -0.865. The van der Waals surface area contributed by atoms with Gasteiger partial charge in [0.15, 0.2) is 8.68 Å². The van der Waals surface area contributed by atoms with Gasteiger partial charge in [-0.15, -0.1) is 0 Å². The summed E-state index contributed by atoms with van der Waals surface area (Å²) in [6.07, 6.45) is 1.98. The Bertz CT molecular complexity index is 604. The second-order valence-corrected chi connectivity index (χ2v) is 8.16. The molecule has 21 heavy (non-hydrogen) atoms. The molecular formula is C11H16ClN3O4S2. The lowest BCUT2D eigenvalue weighted by atomic mass is 10.2. The molecule has 0 spiro atoms. The molecule has 0 aliphatic carbocycles. The van der Waals surface area contributed by atoms with E-state index in [-0.39, 0.29) is 34.3 Å². The maximum Gasteiger partial charge on any atom is 0.255 e. The third-order valence-electron chi connectivity index (χ3n) is 2.95. The Morgan fingerprint density at radius 3 is 3.05 bits per heavy atom. The molecule has 1 aromatic heterocycles. The van der Waals surface area contributed by atoms with Gasteiger partial charge in [-0.1, -0.05) is 29.9 Å². The fraction of sp³-hybridized carbons (Fsp3) is 0.636. The number of nitrogens with zero attached hydrogens (tertiary/aromatic N) is 2. The third kappa shape index (κ3) is 3.72. The number of rotatable bonds is 5.